The van der Waals surface area contributed by atoms with Gasteiger partial charge in [0.05, 0.1) is 45.9 Å². The first-order chi connectivity index (χ1) is 27.5. The van der Waals surface area contributed by atoms with Crippen LogP contribution < -0.4 is 79.5 Å². The SMILES string of the molecule is O=C([O-])c1ccccc1-c1c2cc(Br)c(=O)c(Br)c-2oc2c(Br)c([O-])c(Br)cc12.O=C1OC2(c3ccccc31)c1cc(I)c(O)c(I)c1Oc1c2cc(I)c(O)c1I.[Na+].[Na+]. The Balaban J connectivity index is 0.000000195. The van der Waals surface area contributed by atoms with Crippen LogP contribution in [0.25, 0.3) is 33.4 Å². The van der Waals surface area contributed by atoms with Gasteiger partial charge in [-0.15, -0.1) is 0 Å². The van der Waals surface area contributed by atoms with Crippen molar-refractivity contribution in [3.63, 3.8) is 0 Å². The van der Waals surface area contributed by atoms with E-state index in [9.17, 15) is 34.8 Å². The van der Waals surface area contributed by atoms with Crippen molar-refractivity contribution in [3.05, 3.63) is 143 Å². The van der Waals surface area contributed by atoms with Crippen LogP contribution in [0, 0.1) is 14.3 Å². The van der Waals surface area contributed by atoms with Crippen LogP contribution in [-0.2, 0) is 10.3 Å². The molecule has 3 aliphatic heterocycles. The van der Waals surface area contributed by atoms with Crippen molar-refractivity contribution in [1.82, 2.24) is 0 Å². The molecule has 0 fully saturated rings. The maximum Gasteiger partial charge on any atom is 1.00 e. The number of aromatic carboxylic acids is 1. The van der Waals surface area contributed by atoms with Crippen molar-refractivity contribution in [1.29, 1.82) is 0 Å². The number of benzene rings is 6. The summed E-state index contributed by atoms with van der Waals surface area (Å²) in [6, 6.07) is 20.4. The molecular weight excluding hydrogens is 1510 g/mol. The first kappa shape index (κ1) is 49.2. The van der Waals surface area contributed by atoms with Crippen LogP contribution in [-0.4, -0.2) is 22.2 Å². The number of phenols is 2. The zero-order valence-corrected chi connectivity index (χ0v) is 49.1. The number of rotatable bonds is 2. The second kappa shape index (κ2) is 18.9. The fourth-order valence-electron chi connectivity index (χ4n) is 6.92. The van der Waals surface area contributed by atoms with Crippen molar-refractivity contribution in [3.8, 4) is 51.2 Å². The van der Waals surface area contributed by atoms with Crippen molar-refractivity contribution < 1.29 is 103 Å². The number of carboxylic acids is 1. The topological polar surface area (TPSA) is 169 Å². The van der Waals surface area contributed by atoms with Crippen LogP contribution in [0.3, 0.4) is 0 Å². The quantitative estimate of drug-likeness (QED) is 0.102. The standard InChI is InChI=1S/C20H8Br4O5.C20H8I4O5.2Na/c21-11-5-9-13(7-3-1-2-4-8(7)20(27)28)10-6-12(22)17(26)15(24)19(10)29-18(9)14(23)16(11)25;21-11-5-9-17(13(23)15(11)25)28-18-10(6-12(22)16(26)14(18)24)20(9)8-4-2-1-3-7(8)19(27)29-20;;/h1-6,25H,(H,27,28);1-6,25-26H;;/q;;2*+1/p-2. The molecule has 292 valence electrons. The minimum absolute atomic E-state index is 0. The third-order valence-corrected chi connectivity index (χ3v) is 15.7. The molecule has 20 heteroatoms. The number of fused-ring (bicyclic) bond motifs is 8. The molecule has 0 saturated carbocycles. The van der Waals surface area contributed by atoms with E-state index >= 15 is 0 Å². The summed E-state index contributed by atoms with van der Waals surface area (Å²) in [4.78, 5) is 37.0. The Morgan fingerprint density at radius 2 is 1.25 bits per heavy atom. The van der Waals surface area contributed by atoms with Gasteiger partial charge < -0.3 is 39.1 Å². The Hall–Kier alpha value is -0.230. The maximum absolute atomic E-state index is 12.9. The number of phenolic OH excluding ortho intramolecular Hbond substituents is 2. The number of ether oxygens (including phenoxy) is 2. The summed E-state index contributed by atoms with van der Waals surface area (Å²) in [5, 5.41) is 45.7. The zero-order valence-electron chi connectivity index (χ0n) is 30.1. The van der Waals surface area contributed by atoms with E-state index < -0.39 is 17.5 Å². The van der Waals surface area contributed by atoms with Gasteiger partial charge in [-0.1, -0.05) is 64.1 Å². The van der Waals surface area contributed by atoms with Gasteiger partial charge in [-0.25, -0.2) is 4.79 Å². The van der Waals surface area contributed by atoms with Crippen LogP contribution in [0.2, 0.25) is 0 Å². The Bertz CT molecular complexity index is 2980. The first-order valence-electron chi connectivity index (χ1n) is 16.2. The van der Waals surface area contributed by atoms with Gasteiger partial charge in [0, 0.05) is 32.1 Å². The molecule has 0 radical (unpaired) electrons. The summed E-state index contributed by atoms with van der Waals surface area (Å²) in [6.45, 7) is 0. The molecule has 5 aromatic carbocycles. The third-order valence-electron chi connectivity index (χ3n) is 9.45. The Morgan fingerprint density at radius 1 is 0.700 bits per heavy atom. The largest absolute Gasteiger partial charge is 1.00 e. The van der Waals surface area contributed by atoms with Gasteiger partial charge in [-0.3, -0.25) is 4.79 Å². The molecule has 60 heavy (non-hydrogen) atoms. The Morgan fingerprint density at radius 3 is 1.83 bits per heavy atom. The summed E-state index contributed by atoms with van der Waals surface area (Å²) in [5.41, 5.74) is 2.44. The van der Waals surface area contributed by atoms with E-state index in [1.54, 1.807) is 54.6 Å². The normalized spacial score (nSPS) is 12.9. The number of halogens is 8. The second-order valence-corrected chi connectivity index (χ2v) is 20.4. The number of carbonyl (C=O) groups is 2. The van der Waals surface area contributed by atoms with Gasteiger partial charge in [0.15, 0.2) is 22.9 Å². The molecule has 3 heterocycles. The van der Waals surface area contributed by atoms with Crippen LogP contribution in [0.5, 0.6) is 28.7 Å². The molecule has 10 nitrogen and oxygen atoms in total. The van der Waals surface area contributed by atoms with Gasteiger partial charge in [0.25, 0.3) is 0 Å². The fourth-order valence-corrected chi connectivity index (χ4v) is 12.9. The number of hydrogen-bond acceptors (Lipinski definition) is 10. The molecule has 2 N–H and O–H groups in total. The Kier molecular flexibility index (Phi) is 15.5. The van der Waals surface area contributed by atoms with E-state index in [1.807, 2.05) is 57.3 Å². The van der Waals surface area contributed by atoms with E-state index in [2.05, 4.69) is 109 Å². The summed E-state index contributed by atoms with van der Waals surface area (Å²) in [7, 11) is 0. The van der Waals surface area contributed by atoms with Crippen molar-refractivity contribution in [2.24, 2.45) is 0 Å². The van der Waals surface area contributed by atoms with E-state index in [0.717, 1.165) is 0 Å². The maximum atomic E-state index is 12.9. The molecule has 9 rings (SSSR count). The van der Waals surface area contributed by atoms with Gasteiger partial charge in [-0.05, 0) is 174 Å². The molecule has 5 aromatic rings. The average Bonchev–Trinajstić information content (AvgIpc) is 3.50. The number of carboxylic acid groups (broad SMARTS) is 1. The van der Waals surface area contributed by atoms with Gasteiger partial charge >= 0.3 is 65.1 Å². The zero-order chi connectivity index (χ0) is 41.7. The molecule has 0 atom stereocenters. The smallest absolute Gasteiger partial charge is 0.871 e. The van der Waals surface area contributed by atoms with Crippen molar-refractivity contribution in [2.45, 2.75) is 5.60 Å². The van der Waals surface area contributed by atoms with Gasteiger partial charge in [-0.2, -0.15) is 0 Å². The number of esters is 1. The monoisotopic (exact) mass is 1520 g/mol. The Labute approximate surface area is 472 Å². The first-order valence-corrected chi connectivity index (χ1v) is 23.7. The summed E-state index contributed by atoms with van der Waals surface area (Å²) >= 11 is 21.2. The van der Waals surface area contributed by atoms with Crippen LogP contribution in [0.15, 0.2) is 99.9 Å². The summed E-state index contributed by atoms with van der Waals surface area (Å²) in [5.74, 6) is -0.878. The predicted octanol–water partition coefficient (Wildman–Crippen LogP) is 5.14. The second-order valence-electron chi connectivity index (χ2n) is 12.6. The van der Waals surface area contributed by atoms with Crippen molar-refractivity contribution >= 4 is 177 Å². The predicted molar refractivity (Wildman–Crippen MR) is 258 cm³/mol. The summed E-state index contributed by atoms with van der Waals surface area (Å²) < 4.78 is 21.4. The van der Waals surface area contributed by atoms with Gasteiger partial charge in [0.2, 0.25) is 5.43 Å². The van der Waals surface area contributed by atoms with Crippen LogP contribution in [0.1, 0.15) is 37.4 Å². The fraction of sp³-hybridized carbons (Fsp3) is 0.0250. The minimum Gasteiger partial charge on any atom is -0.871 e. The van der Waals surface area contributed by atoms with Crippen LogP contribution in [0.4, 0.5) is 0 Å². The average molecular weight is 1530 g/mol. The summed E-state index contributed by atoms with van der Waals surface area (Å²) in [6.07, 6.45) is 0. The molecule has 0 amide bonds. The van der Waals surface area contributed by atoms with E-state index in [-0.39, 0.29) is 117 Å². The number of hydrogen-bond donors (Lipinski definition) is 2. The molecule has 1 aliphatic carbocycles. The van der Waals surface area contributed by atoms with E-state index in [4.69, 9.17) is 13.9 Å². The molecule has 0 unspecified atom stereocenters. The third kappa shape index (κ3) is 7.98. The molecule has 1 spiro atoms. The number of aromatic hydroxyl groups is 2. The van der Waals surface area contributed by atoms with E-state index in [1.165, 1.54) is 6.07 Å². The molecule has 0 saturated heterocycles. The van der Waals surface area contributed by atoms with Crippen LogP contribution >= 0.6 is 154 Å². The molecule has 0 aromatic heterocycles. The van der Waals surface area contributed by atoms with E-state index in [0.29, 0.717) is 70.1 Å². The molecule has 0 bridgehead atoms. The minimum atomic E-state index is -1.35. The molecular formula is C40H14Br4I4Na2O10. The number of carbonyl (C=O) groups excluding carboxylic acids is 2. The van der Waals surface area contributed by atoms with Gasteiger partial charge in [0.1, 0.15) is 21.6 Å². The molecule has 4 aliphatic rings. The van der Waals surface area contributed by atoms with Crippen molar-refractivity contribution in [2.75, 3.05) is 0 Å².